The van der Waals surface area contributed by atoms with Gasteiger partial charge in [0.05, 0.1) is 7.11 Å². The van der Waals surface area contributed by atoms with Gasteiger partial charge in [0.15, 0.2) is 10.8 Å². The Morgan fingerprint density at radius 1 is 1.37 bits per heavy atom. The van der Waals surface area contributed by atoms with E-state index in [1.807, 2.05) is 6.92 Å². The number of anilines is 1. The maximum Gasteiger partial charge on any atom is 0.357 e. The van der Waals surface area contributed by atoms with Crippen molar-refractivity contribution in [2.24, 2.45) is 23.7 Å². The number of carbonyl (C=O) groups is 1. The molecule has 5 heteroatoms. The highest BCUT2D eigenvalue weighted by atomic mass is 32.1. The van der Waals surface area contributed by atoms with Crippen LogP contribution in [-0.2, 0) is 4.74 Å². The predicted octanol–water partition coefficient (Wildman–Crippen LogP) is 2.69. The SMILES string of the molecule is COC(=O)c1nc(NC2C3C4CCC(C4)C23)sc1C. The number of thiazole rings is 1. The molecule has 1 aromatic heterocycles. The Morgan fingerprint density at radius 3 is 2.68 bits per heavy atom. The second-order valence-electron chi connectivity index (χ2n) is 6.07. The molecule has 0 spiro atoms. The number of nitrogens with zero attached hydrogens (tertiary/aromatic N) is 1. The van der Waals surface area contributed by atoms with Gasteiger partial charge in [0.25, 0.3) is 0 Å². The number of aryl methyl sites for hydroxylation is 1. The van der Waals surface area contributed by atoms with E-state index in [1.165, 1.54) is 26.4 Å². The summed E-state index contributed by atoms with van der Waals surface area (Å²) < 4.78 is 4.75. The Hall–Kier alpha value is -1.10. The molecule has 3 fully saturated rings. The van der Waals surface area contributed by atoms with Crippen molar-refractivity contribution in [1.29, 1.82) is 0 Å². The fourth-order valence-corrected chi connectivity index (χ4v) is 5.25. The van der Waals surface area contributed by atoms with Gasteiger partial charge in [-0.05, 0) is 49.9 Å². The van der Waals surface area contributed by atoms with Crippen molar-refractivity contribution in [2.45, 2.75) is 32.2 Å². The zero-order chi connectivity index (χ0) is 13.1. The molecule has 0 saturated heterocycles. The second kappa shape index (κ2) is 3.95. The number of fused-ring (bicyclic) bond motifs is 5. The maximum atomic E-state index is 11.6. The third-order valence-electron chi connectivity index (χ3n) is 5.20. The van der Waals surface area contributed by atoms with Crippen molar-refractivity contribution in [3.63, 3.8) is 0 Å². The first-order valence-corrected chi connectivity index (χ1v) is 7.83. The van der Waals surface area contributed by atoms with Crippen LogP contribution in [0.3, 0.4) is 0 Å². The number of carbonyl (C=O) groups excluding carboxylic acids is 1. The van der Waals surface area contributed by atoms with Crippen molar-refractivity contribution in [2.75, 3.05) is 12.4 Å². The molecule has 3 saturated carbocycles. The average molecular weight is 278 g/mol. The molecule has 102 valence electrons. The third-order valence-corrected chi connectivity index (χ3v) is 6.10. The Labute approximate surface area is 116 Å². The first kappa shape index (κ1) is 11.7. The number of aromatic nitrogens is 1. The van der Waals surface area contributed by atoms with Crippen LogP contribution in [0.5, 0.6) is 0 Å². The first-order valence-electron chi connectivity index (χ1n) is 7.01. The molecule has 3 aliphatic rings. The lowest BCUT2D eigenvalue weighted by atomic mass is 10.0. The Morgan fingerprint density at radius 2 is 2.05 bits per heavy atom. The second-order valence-corrected chi connectivity index (χ2v) is 7.28. The summed E-state index contributed by atoms with van der Waals surface area (Å²) in [7, 11) is 1.40. The van der Waals surface area contributed by atoms with E-state index in [2.05, 4.69) is 10.3 Å². The minimum Gasteiger partial charge on any atom is -0.464 e. The molecule has 1 aromatic rings. The van der Waals surface area contributed by atoms with E-state index in [0.29, 0.717) is 11.7 Å². The van der Waals surface area contributed by atoms with Crippen LogP contribution >= 0.6 is 11.3 Å². The highest BCUT2D eigenvalue weighted by Crippen LogP contribution is 2.66. The summed E-state index contributed by atoms with van der Waals surface area (Å²) in [5.74, 6) is 3.33. The number of rotatable bonds is 3. The highest BCUT2D eigenvalue weighted by Gasteiger charge is 2.65. The van der Waals surface area contributed by atoms with Crippen molar-refractivity contribution in [3.8, 4) is 0 Å². The van der Waals surface area contributed by atoms with Gasteiger partial charge < -0.3 is 10.1 Å². The number of ether oxygens (including phenoxy) is 1. The fourth-order valence-electron chi connectivity index (χ4n) is 4.41. The predicted molar refractivity (Wildman–Crippen MR) is 73.4 cm³/mol. The molecule has 0 radical (unpaired) electrons. The minimum absolute atomic E-state index is 0.335. The molecule has 1 heterocycles. The summed E-state index contributed by atoms with van der Waals surface area (Å²) in [6.07, 6.45) is 4.31. The number of hydrogen-bond acceptors (Lipinski definition) is 5. The normalized spacial score (nSPS) is 38.1. The van der Waals surface area contributed by atoms with Crippen LogP contribution in [0.2, 0.25) is 0 Å². The molecule has 2 bridgehead atoms. The van der Waals surface area contributed by atoms with Gasteiger partial charge in [-0.1, -0.05) is 0 Å². The minimum atomic E-state index is -0.335. The van der Waals surface area contributed by atoms with Crippen LogP contribution in [0.1, 0.15) is 34.6 Å². The van der Waals surface area contributed by atoms with Crippen LogP contribution < -0.4 is 5.32 Å². The Kier molecular flexibility index (Phi) is 2.43. The lowest BCUT2D eigenvalue weighted by molar-refractivity contribution is 0.0594. The van der Waals surface area contributed by atoms with Crippen molar-refractivity contribution < 1.29 is 9.53 Å². The molecule has 0 amide bonds. The van der Waals surface area contributed by atoms with Crippen LogP contribution in [0.15, 0.2) is 0 Å². The summed E-state index contributed by atoms with van der Waals surface area (Å²) in [6, 6.07) is 0.613. The van der Waals surface area contributed by atoms with Gasteiger partial charge in [0, 0.05) is 10.9 Å². The van der Waals surface area contributed by atoms with Gasteiger partial charge >= 0.3 is 5.97 Å². The molecular formula is C14H18N2O2S. The smallest absolute Gasteiger partial charge is 0.357 e. The van der Waals surface area contributed by atoms with E-state index < -0.39 is 0 Å². The van der Waals surface area contributed by atoms with E-state index >= 15 is 0 Å². The van der Waals surface area contributed by atoms with Crippen LogP contribution in [-0.4, -0.2) is 24.1 Å². The Bertz CT molecular complexity index is 526. The molecule has 0 aromatic carbocycles. The third kappa shape index (κ3) is 1.64. The first-order chi connectivity index (χ1) is 9.19. The number of esters is 1. The van der Waals surface area contributed by atoms with Gasteiger partial charge in [-0.2, -0.15) is 0 Å². The van der Waals surface area contributed by atoms with Crippen LogP contribution in [0, 0.1) is 30.6 Å². The monoisotopic (exact) mass is 278 g/mol. The summed E-state index contributed by atoms with van der Waals surface area (Å²) in [4.78, 5) is 16.9. The summed E-state index contributed by atoms with van der Waals surface area (Å²) in [5.41, 5.74) is 0.462. The lowest BCUT2D eigenvalue weighted by Crippen LogP contribution is -2.12. The molecule has 19 heavy (non-hydrogen) atoms. The molecule has 4 nitrogen and oxygen atoms in total. The van der Waals surface area contributed by atoms with Crippen LogP contribution in [0.4, 0.5) is 5.13 Å². The molecule has 4 atom stereocenters. The zero-order valence-corrected chi connectivity index (χ0v) is 12.0. The van der Waals surface area contributed by atoms with E-state index in [-0.39, 0.29) is 5.97 Å². The van der Waals surface area contributed by atoms with Gasteiger partial charge in [-0.25, -0.2) is 9.78 Å². The summed E-state index contributed by atoms with van der Waals surface area (Å²) >= 11 is 1.56. The van der Waals surface area contributed by atoms with Crippen LogP contribution in [0.25, 0.3) is 0 Å². The standard InChI is InChI=1S/C14H18N2O2S/c1-6-11(13(17)18-2)15-14(19-6)16-12-9-7-3-4-8(5-7)10(9)12/h7-10,12H,3-5H2,1-2H3,(H,15,16). The van der Waals surface area contributed by atoms with Gasteiger partial charge in [-0.15, -0.1) is 11.3 Å². The molecular weight excluding hydrogens is 260 g/mol. The van der Waals surface area contributed by atoms with Crippen molar-refractivity contribution in [1.82, 2.24) is 4.98 Å². The molecule has 4 rings (SSSR count). The number of hydrogen-bond donors (Lipinski definition) is 1. The molecule has 3 aliphatic carbocycles. The fraction of sp³-hybridized carbons (Fsp3) is 0.714. The van der Waals surface area contributed by atoms with Crippen molar-refractivity contribution >= 4 is 22.4 Å². The summed E-state index contributed by atoms with van der Waals surface area (Å²) in [5, 5.41) is 4.44. The average Bonchev–Trinajstić information content (AvgIpc) is 2.78. The number of nitrogens with one attached hydrogen (secondary N) is 1. The van der Waals surface area contributed by atoms with E-state index in [1.54, 1.807) is 11.3 Å². The Balaban J connectivity index is 1.49. The molecule has 1 N–H and O–H groups in total. The molecule has 0 aliphatic heterocycles. The molecule has 4 unspecified atom stereocenters. The topological polar surface area (TPSA) is 51.2 Å². The van der Waals surface area contributed by atoms with Crippen molar-refractivity contribution in [3.05, 3.63) is 10.6 Å². The number of methoxy groups -OCH3 is 1. The van der Waals surface area contributed by atoms with Gasteiger partial charge in [-0.3, -0.25) is 0 Å². The van der Waals surface area contributed by atoms with E-state index in [4.69, 9.17) is 4.74 Å². The van der Waals surface area contributed by atoms with E-state index in [9.17, 15) is 4.79 Å². The quantitative estimate of drug-likeness (QED) is 0.864. The van der Waals surface area contributed by atoms with Gasteiger partial charge in [0.2, 0.25) is 0 Å². The van der Waals surface area contributed by atoms with E-state index in [0.717, 1.165) is 33.7 Å². The maximum absolute atomic E-state index is 11.6. The lowest BCUT2D eigenvalue weighted by Gasteiger charge is -2.09. The zero-order valence-electron chi connectivity index (χ0n) is 11.2. The summed E-state index contributed by atoms with van der Waals surface area (Å²) in [6.45, 7) is 1.92. The largest absolute Gasteiger partial charge is 0.464 e. The van der Waals surface area contributed by atoms with Gasteiger partial charge in [0.1, 0.15) is 0 Å². The highest BCUT2D eigenvalue weighted by molar-refractivity contribution is 7.15.